The summed E-state index contributed by atoms with van der Waals surface area (Å²) in [5, 5.41) is 18.6. The van der Waals surface area contributed by atoms with Crippen molar-refractivity contribution in [2.45, 2.75) is 57.9 Å². The zero-order valence-electron chi connectivity index (χ0n) is 17.6. The van der Waals surface area contributed by atoms with Gasteiger partial charge in [-0.15, -0.1) is 0 Å². The molecule has 1 heterocycles. The summed E-state index contributed by atoms with van der Waals surface area (Å²) in [5.74, 6) is -5.52. The highest BCUT2D eigenvalue weighted by atomic mass is 19.3. The Hall–Kier alpha value is -2.28. The summed E-state index contributed by atoms with van der Waals surface area (Å²) in [6.45, 7) is 4.18. The van der Waals surface area contributed by atoms with Crippen LogP contribution in [0, 0.1) is 11.8 Å². The summed E-state index contributed by atoms with van der Waals surface area (Å²) < 4.78 is 28.2. The average Bonchev–Trinajstić information content (AvgIpc) is 2.93. The molecule has 7 heteroatoms. The van der Waals surface area contributed by atoms with Gasteiger partial charge < -0.3 is 15.1 Å². The van der Waals surface area contributed by atoms with Gasteiger partial charge in [-0.3, -0.25) is 4.79 Å². The molecule has 166 valence electrons. The number of carboxylic acid groups (broad SMARTS) is 1. The Morgan fingerprint density at radius 1 is 1.33 bits per heavy atom. The average molecular weight is 424 g/mol. The third kappa shape index (κ3) is 6.11. The number of nitrogens with zero attached hydrogens (tertiary/aromatic N) is 1. The first-order valence-corrected chi connectivity index (χ1v) is 10.5. The van der Waals surface area contributed by atoms with Gasteiger partial charge in [0, 0.05) is 25.5 Å². The second kappa shape index (κ2) is 10.7. The molecular formula is C23H31F2NO4. The number of carboxylic acids is 1. The molecule has 1 aromatic carbocycles. The fraction of sp³-hybridized carbons (Fsp3) is 0.565. The normalized spacial score (nSPS) is 20.6. The highest BCUT2D eigenvalue weighted by molar-refractivity contribution is 5.87. The second-order valence-corrected chi connectivity index (χ2v) is 8.08. The van der Waals surface area contributed by atoms with Gasteiger partial charge in [-0.25, -0.2) is 4.79 Å². The zero-order valence-corrected chi connectivity index (χ0v) is 17.6. The number of aliphatic hydroxyl groups is 1. The molecule has 30 heavy (non-hydrogen) atoms. The highest BCUT2D eigenvalue weighted by Gasteiger charge is 2.52. The lowest BCUT2D eigenvalue weighted by molar-refractivity contribution is -0.148. The van der Waals surface area contributed by atoms with E-state index < -0.39 is 30.3 Å². The predicted molar refractivity (Wildman–Crippen MR) is 111 cm³/mol. The van der Waals surface area contributed by atoms with Crippen LogP contribution in [0.15, 0.2) is 36.4 Å². The largest absolute Gasteiger partial charge is 0.478 e. The SMILES string of the molecule is CCCC[C@H](C)[C@@H](/C=C/[C@H]1CC(F)(F)C(=O)N1CCc1ccc(C(=O)O)cc1)CO. The fourth-order valence-electron chi connectivity index (χ4n) is 3.77. The molecule has 1 aromatic rings. The van der Waals surface area contributed by atoms with Crippen molar-refractivity contribution in [3.8, 4) is 0 Å². The van der Waals surface area contributed by atoms with Crippen LogP contribution in [-0.4, -0.2) is 52.1 Å². The molecule has 1 saturated heterocycles. The number of benzene rings is 1. The number of alkyl halides is 2. The van der Waals surface area contributed by atoms with E-state index in [9.17, 15) is 23.5 Å². The van der Waals surface area contributed by atoms with E-state index in [0.29, 0.717) is 6.42 Å². The molecule has 0 aliphatic carbocycles. The molecule has 0 bridgehead atoms. The lowest BCUT2D eigenvalue weighted by atomic mass is 9.89. The Kier molecular flexibility index (Phi) is 8.53. The summed E-state index contributed by atoms with van der Waals surface area (Å²) in [6.07, 6.45) is 6.23. The van der Waals surface area contributed by atoms with E-state index in [2.05, 4.69) is 6.92 Å². The molecule has 3 atom stereocenters. The van der Waals surface area contributed by atoms with Gasteiger partial charge in [0.25, 0.3) is 5.91 Å². The molecule has 1 amide bonds. The van der Waals surface area contributed by atoms with E-state index in [1.165, 1.54) is 17.0 Å². The van der Waals surface area contributed by atoms with Crippen LogP contribution < -0.4 is 0 Å². The van der Waals surface area contributed by atoms with Crippen molar-refractivity contribution in [3.05, 3.63) is 47.5 Å². The maximum atomic E-state index is 14.1. The molecule has 5 nitrogen and oxygen atoms in total. The Morgan fingerprint density at radius 3 is 2.57 bits per heavy atom. The van der Waals surface area contributed by atoms with Gasteiger partial charge in [0.15, 0.2) is 0 Å². The van der Waals surface area contributed by atoms with Gasteiger partial charge in [-0.1, -0.05) is 57.4 Å². The molecule has 1 aliphatic rings. The van der Waals surface area contributed by atoms with Crippen LogP contribution in [-0.2, 0) is 11.2 Å². The van der Waals surface area contributed by atoms with Crippen LogP contribution in [0.1, 0.15) is 55.5 Å². The smallest absolute Gasteiger partial charge is 0.335 e. The Morgan fingerprint density at radius 2 is 2.00 bits per heavy atom. The van der Waals surface area contributed by atoms with Gasteiger partial charge in [0.05, 0.1) is 11.6 Å². The van der Waals surface area contributed by atoms with Gasteiger partial charge >= 0.3 is 11.9 Å². The number of carbonyl (C=O) groups is 2. The van der Waals surface area contributed by atoms with Crippen molar-refractivity contribution in [2.75, 3.05) is 13.2 Å². The van der Waals surface area contributed by atoms with Crippen molar-refractivity contribution < 1.29 is 28.6 Å². The summed E-state index contributed by atoms with van der Waals surface area (Å²) in [7, 11) is 0. The fourth-order valence-corrected chi connectivity index (χ4v) is 3.77. The van der Waals surface area contributed by atoms with E-state index in [1.807, 2.05) is 6.92 Å². The molecule has 2 rings (SSSR count). The van der Waals surface area contributed by atoms with Gasteiger partial charge in [0.2, 0.25) is 0 Å². The number of likely N-dealkylation sites (tertiary alicyclic amines) is 1. The molecule has 0 aromatic heterocycles. The standard InChI is InChI=1S/C23H31F2NO4/c1-3-4-5-16(2)19(15-27)10-11-20-14-23(24,25)22(30)26(20)13-12-17-6-8-18(9-7-17)21(28)29/h6-11,16,19-20,27H,3-5,12-15H2,1-2H3,(H,28,29)/b11-10+/t16-,19-,20-/m0/s1. The first-order chi connectivity index (χ1) is 14.2. The van der Waals surface area contributed by atoms with E-state index in [1.54, 1.807) is 24.3 Å². The van der Waals surface area contributed by atoms with Crippen LogP contribution >= 0.6 is 0 Å². The van der Waals surface area contributed by atoms with Crippen LogP contribution in [0.3, 0.4) is 0 Å². The molecule has 2 N–H and O–H groups in total. The maximum Gasteiger partial charge on any atom is 0.335 e. The van der Waals surface area contributed by atoms with Crippen molar-refractivity contribution in [2.24, 2.45) is 11.8 Å². The minimum absolute atomic E-state index is 0.0611. The first kappa shape index (κ1) is 24.0. The minimum Gasteiger partial charge on any atom is -0.478 e. The van der Waals surface area contributed by atoms with E-state index in [0.717, 1.165) is 24.8 Å². The number of hydrogen-bond acceptors (Lipinski definition) is 3. The number of halogens is 2. The van der Waals surface area contributed by atoms with Gasteiger partial charge in [-0.2, -0.15) is 8.78 Å². The minimum atomic E-state index is -3.40. The van der Waals surface area contributed by atoms with Crippen LogP contribution in [0.4, 0.5) is 8.78 Å². The van der Waals surface area contributed by atoms with Crippen molar-refractivity contribution in [1.82, 2.24) is 4.90 Å². The number of unbranched alkanes of at least 4 members (excludes halogenated alkanes) is 1. The van der Waals surface area contributed by atoms with Crippen LogP contribution in [0.5, 0.6) is 0 Å². The molecule has 1 fully saturated rings. The van der Waals surface area contributed by atoms with Crippen molar-refractivity contribution in [3.63, 3.8) is 0 Å². The quantitative estimate of drug-likeness (QED) is 0.524. The Balaban J connectivity index is 2.07. The third-order valence-corrected chi connectivity index (χ3v) is 5.82. The number of carbonyl (C=O) groups excluding carboxylic acids is 1. The van der Waals surface area contributed by atoms with Gasteiger partial charge in [0.1, 0.15) is 0 Å². The summed E-state index contributed by atoms with van der Waals surface area (Å²) >= 11 is 0. The Bertz CT molecular complexity index is 748. The second-order valence-electron chi connectivity index (χ2n) is 8.08. The topological polar surface area (TPSA) is 77.8 Å². The number of aromatic carboxylic acids is 1. The van der Waals surface area contributed by atoms with E-state index in [4.69, 9.17) is 5.11 Å². The molecule has 0 radical (unpaired) electrons. The molecular weight excluding hydrogens is 392 g/mol. The van der Waals surface area contributed by atoms with Crippen LogP contribution in [0.2, 0.25) is 0 Å². The zero-order chi connectivity index (χ0) is 22.3. The molecule has 1 aliphatic heterocycles. The summed E-state index contributed by atoms with van der Waals surface area (Å²) in [5.41, 5.74) is 0.919. The lowest BCUT2D eigenvalue weighted by Crippen LogP contribution is -2.37. The molecule has 0 unspecified atom stereocenters. The van der Waals surface area contributed by atoms with E-state index >= 15 is 0 Å². The van der Waals surface area contributed by atoms with Crippen LogP contribution in [0.25, 0.3) is 0 Å². The van der Waals surface area contributed by atoms with Crippen molar-refractivity contribution >= 4 is 11.9 Å². The maximum absolute atomic E-state index is 14.1. The summed E-state index contributed by atoms with van der Waals surface area (Å²) in [4.78, 5) is 24.3. The number of hydrogen-bond donors (Lipinski definition) is 2. The first-order valence-electron chi connectivity index (χ1n) is 10.5. The van der Waals surface area contributed by atoms with Gasteiger partial charge in [-0.05, 0) is 30.0 Å². The number of aliphatic hydroxyl groups excluding tert-OH is 1. The predicted octanol–water partition coefficient (Wildman–Crippen LogP) is 4.15. The number of amides is 1. The summed E-state index contributed by atoms with van der Waals surface area (Å²) in [6, 6.07) is 5.45. The number of rotatable bonds is 11. The lowest BCUT2D eigenvalue weighted by Gasteiger charge is -2.23. The highest BCUT2D eigenvalue weighted by Crippen LogP contribution is 2.34. The molecule has 0 saturated carbocycles. The van der Waals surface area contributed by atoms with Crippen molar-refractivity contribution in [1.29, 1.82) is 0 Å². The molecule has 0 spiro atoms. The van der Waals surface area contributed by atoms with E-state index in [-0.39, 0.29) is 30.6 Å². The Labute approximate surface area is 176 Å². The third-order valence-electron chi connectivity index (χ3n) is 5.82. The monoisotopic (exact) mass is 423 g/mol.